The minimum Gasteiger partial charge on any atom is -0.497 e. The number of ether oxygens (including phenoxy) is 1. The van der Waals surface area contributed by atoms with E-state index in [4.69, 9.17) is 10.5 Å². The van der Waals surface area contributed by atoms with Crippen LogP contribution in [0.4, 0.5) is 5.82 Å². The number of nitriles is 2. The number of anilines is 1. The highest BCUT2D eigenvalue weighted by Crippen LogP contribution is 2.37. The molecule has 0 saturated carbocycles. The normalized spacial score (nSPS) is 10.5. The fourth-order valence-electron chi connectivity index (χ4n) is 3.35. The molecule has 8 heteroatoms. The highest BCUT2D eigenvalue weighted by atomic mass is 32.2. The molecule has 0 aliphatic carbocycles. The fraction of sp³-hybridized carbons (Fsp3) is 0.0833. The lowest BCUT2D eigenvalue weighted by Crippen LogP contribution is -2.06. The van der Waals surface area contributed by atoms with E-state index in [-0.39, 0.29) is 28.5 Å². The molecule has 0 amide bonds. The van der Waals surface area contributed by atoms with Crippen LogP contribution in [0.15, 0.2) is 58.9 Å². The van der Waals surface area contributed by atoms with Gasteiger partial charge in [0.2, 0.25) is 0 Å². The van der Waals surface area contributed by atoms with Gasteiger partial charge in [-0.3, -0.25) is 4.79 Å². The average Bonchev–Trinajstić information content (AvgIpc) is 3.26. The van der Waals surface area contributed by atoms with E-state index < -0.39 is 0 Å². The number of aromatic nitrogens is 1. The summed E-state index contributed by atoms with van der Waals surface area (Å²) >= 11 is 2.66. The number of carbonyl (C=O) groups is 1. The number of hydrogen-bond acceptors (Lipinski definition) is 8. The van der Waals surface area contributed by atoms with Gasteiger partial charge in [0.25, 0.3) is 0 Å². The third kappa shape index (κ3) is 3.90. The Hall–Kier alpha value is -3.85. The number of Topliss-reactive ketones (excluding diaryl/α,β-unsaturated/α-hetero) is 1. The van der Waals surface area contributed by atoms with Gasteiger partial charge in [-0.2, -0.15) is 10.5 Å². The molecule has 0 atom stereocenters. The number of hydrogen-bond donors (Lipinski definition) is 1. The van der Waals surface area contributed by atoms with E-state index in [2.05, 4.69) is 17.1 Å². The Morgan fingerprint density at radius 2 is 1.84 bits per heavy atom. The van der Waals surface area contributed by atoms with Gasteiger partial charge in [0.1, 0.15) is 34.3 Å². The van der Waals surface area contributed by atoms with Crippen LogP contribution < -0.4 is 10.5 Å². The molecule has 0 spiro atoms. The lowest BCUT2D eigenvalue weighted by molar-refractivity contribution is 0.102. The minimum absolute atomic E-state index is 0.0215. The molecule has 6 nitrogen and oxygen atoms in total. The zero-order valence-electron chi connectivity index (χ0n) is 17.0. The Balaban J connectivity index is 1.71. The maximum Gasteiger partial charge on any atom is 0.174 e. The van der Waals surface area contributed by atoms with Crippen molar-refractivity contribution in [1.82, 2.24) is 4.98 Å². The summed E-state index contributed by atoms with van der Waals surface area (Å²) < 4.78 is 6.23. The number of carbonyl (C=O) groups excluding carboxylic acids is 1. The second-order valence-corrected chi connectivity index (χ2v) is 8.61. The van der Waals surface area contributed by atoms with Gasteiger partial charge in [-0.05, 0) is 23.8 Å². The van der Waals surface area contributed by atoms with Crippen LogP contribution in [0.25, 0.3) is 21.2 Å². The molecule has 0 aliphatic rings. The number of rotatable bonds is 6. The largest absolute Gasteiger partial charge is 0.497 e. The summed E-state index contributed by atoms with van der Waals surface area (Å²) in [5.41, 5.74) is 8.10. The van der Waals surface area contributed by atoms with E-state index >= 15 is 0 Å². The lowest BCUT2D eigenvalue weighted by atomic mass is 9.97. The number of nitrogens with two attached hydrogens (primary N) is 1. The molecule has 2 heterocycles. The van der Waals surface area contributed by atoms with Gasteiger partial charge >= 0.3 is 0 Å². The van der Waals surface area contributed by atoms with Crippen molar-refractivity contribution in [1.29, 1.82) is 10.5 Å². The molecule has 0 saturated heterocycles. The molecule has 0 fully saturated rings. The Kier molecular flexibility index (Phi) is 6.09. The van der Waals surface area contributed by atoms with E-state index in [0.29, 0.717) is 27.5 Å². The zero-order chi connectivity index (χ0) is 22.7. The number of nitrogen functional groups attached to an aromatic ring is 1. The van der Waals surface area contributed by atoms with Crippen molar-refractivity contribution < 1.29 is 9.53 Å². The number of thiophene rings is 1. The van der Waals surface area contributed by atoms with Gasteiger partial charge in [0.05, 0.1) is 18.4 Å². The third-order valence-electron chi connectivity index (χ3n) is 4.92. The van der Waals surface area contributed by atoms with E-state index in [1.807, 2.05) is 29.6 Å². The van der Waals surface area contributed by atoms with Crippen molar-refractivity contribution in [3.8, 4) is 29.0 Å². The van der Waals surface area contributed by atoms with Gasteiger partial charge in [-0.1, -0.05) is 42.1 Å². The number of fused-ring (bicyclic) bond motifs is 1. The van der Waals surface area contributed by atoms with Gasteiger partial charge in [0, 0.05) is 26.6 Å². The Morgan fingerprint density at radius 1 is 1.12 bits per heavy atom. The first-order valence-corrected chi connectivity index (χ1v) is 11.3. The van der Waals surface area contributed by atoms with Crippen LogP contribution in [-0.4, -0.2) is 23.6 Å². The predicted molar refractivity (Wildman–Crippen MR) is 127 cm³/mol. The van der Waals surface area contributed by atoms with Crippen LogP contribution in [0.3, 0.4) is 0 Å². The van der Waals surface area contributed by atoms with Gasteiger partial charge < -0.3 is 10.5 Å². The molecule has 0 bridgehead atoms. The van der Waals surface area contributed by atoms with Crippen LogP contribution in [-0.2, 0) is 0 Å². The molecule has 2 aromatic heterocycles. The highest BCUT2D eigenvalue weighted by Gasteiger charge is 2.22. The first-order chi connectivity index (χ1) is 15.6. The van der Waals surface area contributed by atoms with Crippen molar-refractivity contribution in [2.45, 2.75) is 5.03 Å². The van der Waals surface area contributed by atoms with Crippen LogP contribution in [0, 0.1) is 22.7 Å². The van der Waals surface area contributed by atoms with Crippen LogP contribution in [0.5, 0.6) is 5.75 Å². The molecule has 156 valence electrons. The van der Waals surface area contributed by atoms with Crippen molar-refractivity contribution in [3.63, 3.8) is 0 Å². The van der Waals surface area contributed by atoms with E-state index in [9.17, 15) is 15.3 Å². The van der Waals surface area contributed by atoms with Crippen LogP contribution >= 0.6 is 23.1 Å². The number of benzene rings is 2. The van der Waals surface area contributed by atoms with E-state index in [1.165, 1.54) is 11.3 Å². The fourth-order valence-corrected chi connectivity index (χ4v) is 5.20. The molecule has 32 heavy (non-hydrogen) atoms. The zero-order valence-corrected chi connectivity index (χ0v) is 18.6. The maximum absolute atomic E-state index is 12.9. The Morgan fingerprint density at radius 3 is 2.53 bits per heavy atom. The molecule has 4 rings (SSSR count). The Bertz CT molecular complexity index is 1410. The van der Waals surface area contributed by atoms with Crippen molar-refractivity contribution >= 4 is 44.8 Å². The topological polar surface area (TPSA) is 113 Å². The predicted octanol–water partition coefficient (Wildman–Crippen LogP) is 5.27. The molecule has 0 radical (unpaired) electrons. The van der Waals surface area contributed by atoms with Crippen molar-refractivity contribution in [2.75, 3.05) is 18.6 Å². The first kappa shape index (κ1) is 21.4. The molecule has 2 aromatic carbocycles. The van der Waals surface area contributed by atoms with Gasteiger partial charge in [-0.15, -0.1) is 11.3 Å². The van der Waals surface area contributed by atoms with Crippen molar-refractivity contribution in [3.05, 3.63) is 70.6 Å². The molecular formula is C24H16N4O2S2. The lowest BCUT2D eigenvalue weighted by Gasteiger charge is -2.13. The molecule has 0 aliphatic heterocycles. The number of methoxy groups -OCH3 is 1. The quantitative estimate of drug-likeness (QED) is 0.310. The summed E-state index contributed by atoms with van der Waals surface area (Å²) in [7, 11) is 1.56. The van der Waals surface area contributed by atoms with E-state index in [1.54, 1.807) is 31.4 Å². The summed E-state index contributed by atoms with van der Waals surface area (Å²) in [6.07, 6.45) is 0. The van der Waals surface area contributed by atoms with Gasteiger partial charge in [-0.25, -0.2) is 4.98 Å². The molecule has 2 N–H and O–H groups in total. The van der Waals surface area contributed by atoms with Crippen LogP contribution in [0.1, 0.15) is 21.5 Å². The maximum atomic E-state index is 12.9. The summed E-state index contributed by atoms with van der Waals surface area (Å²) in [6.45, 7) is 0. The summed E-state index contributed by atoms with van der Waals surface area (Å²) in [6, 6.07) is 18.9. The van der Waals surface area contributed by atoms with Crippen molar-refractivity contribution in [2.24, 2.45) is 0 Å². The summed E-state index contributed by atoms with van der Waals surface area (Å²) in [4.78, 5) is 17.2. The van der Waals surface area contributed by atoms with Gasteiger partial charge in [0.15, 0.2) is 5.78 Å². The summed E-state index contributed by atoms with van der Waals surface area (Å²) in [5.74, 6) is 0.701. The number of nitrogens with zero attached hydrogens (tertiary/aromatic N) is 3. The third-order valence-corrected chi connectivity index (χ3v) is 6.85. The Labute approximate surface area is 192 Å². The number of ketones is 1. The smallest absolute Gasteiger partial charge is 0.174 e. The number of pyridine rings is 1. The average molecular weight is 457 g/mol. The molecule has 0 unspecified atom stereocenters. The SMILES string of the molecule is COc1ccc(-c2c(C#N)c(N)nc(SCC(=O)c3csc4ccccc34)c2C#N)cc1. The standard InChI is InChI=1S/C24H16N4O2S2/c1-30-15-8-6-14(7-9-15)22-17(10-25)23(27)28-24(18(22)11-26)32-13-20(29)19-12-31-21-5-3-2-4-16(19)21/h2-9,12H,13H2,1H3,(H2,27,28). The first-order valence-electron chi connectivity index (χ1n) is 9.47. The van der Waals surface area contributed by atoms with Crippen LogP contribution in [0.2, 0.25) is 0 Å². The monoisotopic (exact) mass is 456 g/mol. The molecular weight excluding hydrogens is 440 g/mol. The molecule has 4 aromatic rings. The second-order valence-electron chi connectivity index (χ2n) is 6.74. The minimum atomic E-state index is -0.0629. The highest BCUT2D eigenvalue weighted by molar-refractivity contribution is 8.00. The second kappa shape index (κ2) is 9.11. The number of thioether (sulfide) groups is 1. The summed E-state index contributed by atoms with van der Waals surface area (Å²) in [5, 5.41) is 22.6. The van der Waals surface area contributed by atoms with E-state index in [0.717, 1.165) is 21.8 Å².